The molecule has 0 spiro atoms. The molecule has 11 nitrogen and oxygen atoms in total. The minimum atomic E-state index is -0.500. The summed E-state index contributed by atoms with van der Waals surface area (Å²) in [4.78, 5) is 29.6. The number of para-hydroxylation sites is 1. The number of unbranched alkanes of at least 4 members (excludes halogenated alkanes) is 1. The summed E-state index contributed by atoms with van der Waals surface area (Å²) in [5.74, 6) is 1.38. The highest BCUT2D eigenvalue weighted by Crippen LogP contribution is 2.33. The van der Waals surface area contributed by atoms with Crippen LogP contribution in [-0.4, -0.2) is 43.0 Å². The highest BCUT2D eigenvalue weighted by molar-refractivity contribution is 7.15. The number of nitro groups is 1. The van der Waals surface area contributed by atoms with E-state index in [4.69, 9.17) is 14.6 Å². The molecule has 0 bridgehead atoms. The van der Waals surface area contributed by atoms with Gasteiger partial charge in [-0.3, -0.25) is 14.9 Å². The first-order valence-corrected chi connectivity index (χ1v) is 15.1. The van der Waals surface area contributed by atoms with Gasteiger partial charge in [-0.05, 0) is 60.5 Å². The van der Waals surface area contributed by atoms with E-state index in [2.05, 4.69) is 17.0 Å². The van der Waals surface area contributed by atoms with Gasteiger partial charge in [-0.25, -0.2) is 4.68 Å². The Morgan fingerprint density at radius 2 is 1.82 bits per heavy atom. The maximum absolute atomic E-state index is 13.4. The molecule has 6 rings (SSSR count). The number of nitro benzene ring substituents is 1. The molecule has 12 heteroatoms. The Morgan fingerprint density at radius 3 is 2.53 bits per heavy atom. The van der Waals surface area contributed by atoms with Crippen molar-refractivity contribution in [3.05, 3.63) is 121 Å². The smallest absolute Gasteiger partial charge is 0.311 e. The van der Waals surface area contributed by atoms with Crippen molar-refractivity contribution in [2.45, 2.75) is 19.8 Å². The van der Waals surface area contributed by atoms with Crippen LogP contribution in [0.25, 0.3) is 40.1 Å². The third-order valence-electron chi connectivity index (χ3n) is 6.97. The second kappa shape index (κ2) is 12.9. The van der Waals surface area contributed by atoms with E-state index < -0.39 is 4.92 Å². The molecule has 0 radical (unpaired) electrons. The largest absolute Gasteiger partial charge is 0.494 e. The van der Waals surface area contributed by atoms with Crippen LogP contribution in [0.4, 0.5) is 5.69 Å². The van der Waals surface area contributed by atoms with Crippen molar-refractivity contribution in [1.29, 1.82) is 0 Å². The molecular formula is C33H28N6O5S. The average molecular weight is 621 g/mol. The normalized spacial score (nSPS) is 11.9. The second-order valence-electron chi connectivity index (χ2n) is 10.0. The predicted octanol–water partition coefficient (Wildman–Crippen LogP) is 5.82. The topological polar surface area (TPSA) is 127 Å². The molecule has 6 aromatic rings. The van der Waals surface area contributed by atoms with E-state index >= 15 is 0 Å². The summed E-state index contributed by atoms with van der Waals surface area (Å²) in [5, 5.41) is 20.9. The van der Waals surface area contributed by atoms with Gasteiger partial charge in [0.15, 0.2) is 11.6 Å². The molecule has 3 aromatic heterocycles. The van der Waals surface area contributed by atoms with Crippen LogP contribution in [-0.2, 0) is 0 Å². The summed E-state index contributed by atoms with van der Waals surface area (Å²) < 4.78 is 14.2. The first-order chi connectivity index (χ1) is 21.9. The summed E-state index contributed by atoms with van der Waals surface area (Å²) in [6.07, 6.45) is 9.22. The van der Waals surface area contributed by atoms with E-state index in [1.807, 2.05) is 60.7 Å². The lowest BCUT2D eigenvalue weighted by Gasteiger charge is -2.04. The molecule has 0 atom stereocenters. The summed E-state index contributed by atoms with van der Waals surface area (Å²) >= 11 is 1.20. The van der Waals surface area contributed by atoms with Crippen LogP contribution in [0.1, 0.15) is 36.7 Å². The quantitative estimate of drug-likeness (QED) is 0.101. The molecule has 3 aromatic carbocycles. The molecule has 0 aliphatic rings. The fraction of sp³-hybridized carbons (Fsp3) is 0.152. The van der Waals surface area contributed by atoms with E-state index in [9.17, 15) is 14.9 Å². The zero-order chi connectivity index (χ0) is 31.3. The summed E-state index contributed by atoms with van der Waals surface area (Å²) in [6.45, 7) is 2.82. The highest BCUT2D eigenvalue weighted by Gasteiger charge is 2.20. The lowest BCUT2D eigenvalue weighted by molar-refractivity contribution is -0.385. The predicted molar refractivity (Wildman–Crippen MR) is 174 cm³/mol. The number of aromatic nitrogens is 5. The number of benzene rings is 3. The molecule has 3 heterocycles. The Bertz CT molecular complexity index is 2120. The highest BCUT2D eigenvalue weighted by atomic mass is 32.1. The second-order valence-corrected chi connectivity index (χ2v) is 11.1. The minimum absolute atomic E-state index is 0.141. The fourth-order valence-corrected chi connectivity index (χ4v) is 5.56. The van der Waals surface area contributed by atoms with Gasteiger partial charge in [0, 0.05) is 23.4 Å². The van der Waals surface area contributed by atoms with Crippen LogP contribution in [0.15, 0.2) is 83.8 Å². The van der Waals surface area contributed by atoms with Gasteiger partial charge in [0.2, 0.25) is 4.96 Å². The van der Waals surface area contributed by atoms with Crippen molar-refractivity contribution in [2.24, 2.45) is 0 Å². The molecule has 0 fully saturated rings. The Morgan fingerprint density at radius 1 is 1.02 bits per heavy atom. The van der Waals surface area contributed by atoms with Gasteiger partial charge in [0.25, 0.3) is 5.56 Å². The van der Waals surface area contributed by atoms with Crippen molar-refractivity contribution in [2.75, 3.05) is 13.7 Å². The van der Waals surface area contributed by atoms with E-state index in [1.165, 1.54) is 35.1 Å². The number of methoxy groups -OCH3 is 1. The summed E-state index contributed by atoms with van der Waals surface area (Å²) in [6, 6.07) is 21.9. The van der Waals surface area contributed by atoms with Crippen LogP contribution in [0.5, 0.6) is 11.5 Å². The molecule has 0 aliphatic heterocycles. The van der Waals surface area contributed by atoms with E-state index in [-0.39, 0.29) is 17.0 Å². The molecule has 0 N–H and O–H groups in total. The van der Waals surface area contributed by atoms with E-state index in [0.717, 1.165) is 29.8 Å². The minimum Gasteiger partial charge on any atom is -0.494 e. The van der Waals surface area contributed by atoms with E-state index in [0.29, 0.717) is 38.7 Å². The van der Waals surface area contributed by atoms with Gasteiger partial charge in [0.05, 0.1) is 28.9 Å². The van der Waals surface area contributed by atoms with Crippen molar-refractivity contribution < 1.29 is 14.4 Å². The maximum Gasteiger partial charge on any atom is 0.311 e. The number of hydrogen-bond acceptors (Lipinski definition) is 9. The van der Waals surface area contributed by atoms with Gasteiger partial charge in [-0.15, -0.1) is 5.10 Å². The summed E-state index contributed by atoms with van der Waals surface area (Å²) in [5.41, 5.74) is 2.81. The Kier molecular flexibility index (Phi) is 8.47. The fourth-order valence-electron chi connectivity index (χ4n) is 4.65. The van der Waals surface area contributed by atoms with Crippen molar-refractivity contribution in [1.82, 2.24) is 24.4 Å². The number of thiazole rings is 1. The van der Waals surface area contributed by atoms with Crippen LogP contribution in [0.3, 0.4) is 0 Å². The first-order valence-electron chi connectivity index (χ1n) is 14.2. The van der Waals surface area contributed by atoms with Crippen molar-refractivity contribution in [3.63, 3.8) is 0 Å². The number of fused-ring (bicyclic) bond motifs is 1. The number of nitrogens with zero attached hydrogens (tertiary/aromatic N) is 6. The Hall–Kier alpha value is -5.62. The maximum atomic E-state index is 13.4. The van der Waals surface area contributed by atoms with Crippen molar-refractivity contribution in [3.8, 4) is 28.4 Å². The van der Waals surface area contributed by atoms with Gasteiger partial charge in [-0.1, -0.05) is 61.1 Å². The van der Waals surface area contributed by atoms with Gasteiger partial charge in [0.1, 0.15) is 11.4 Å². The average Bonchev–Trinajstić information content (AvgIpc) is 3.75. The zero-order valence-corrected chi connectivity index (χ0v) is 25.3. The Balaban J connectivity index is 1.33. The molecule has 0 aliphatic carbocycles. The van der Waals surface area contributed by atoms with Crippen LogP contribution in [0, 0.1) is 10.1 Å². The zero-order valence-electron chi connectivity index (χ0n) is 24.5. The lowest BCUT2D eigenvalue weighted by Crippen LogP contribution is -2.23. The number of hydrogen-bond donors (Lipinski definition) is 0. The van der Waals surface area contributed by atoms with E-state index in [1.54, 1.807) is 29.1 Å². The molecule has 226 valence electrons. The van der Waals surface area contributed by atoms with Gasteiger partial charge >= 0.3 is 5.69 Å². The van der Waals surface area contributed by atoms with Crippen molar-refractivity contribution >= 4 is 40.2 Å². The van der Waals surface area contributed by atoms with Gasteiger partial charge < -0.3 is 9.47 Å². The lowest BCUT2D eigenvalue weighted by atomic mass is 10.1. The van der Waals surface area contributed by atoms with Crippen LogP contribution >= 0.6 is 11.3 Å². The summed E-state index contributed by atoms with van der Waals surface area (Å²) in [7, 11) is 1.38. The third kappa shape index (κ3) is 6.36. The molecule has 0 unspecified atom stereocenters. The SMILES string of the molecule is CCCCOc1ccc(/C=C/c2nc3s/c(=C\c4cn(-c5ccccc5)nc4-c4ccc(OC)c([N+](=O)[O-])c4)c(=O)n3n2)cc1. The Labute approximate surface area is 261 Å². The third-order valence-corrected chi connectivity index (χ3v) is 7.93. The molecule has 0 amide bonds. The standard InChI is InChI=1S/C33H28N6O5S/c1-3-4-18-44-26-14-10-22(11-15-26)12-17-30-34-33-38(35-30)32(40)29(45-33)20-24-21-37(25-8-6-5-7-9-25)36-31(24)23-13-16-28(43-2)27(19-23)39(41)42/h5-17,19-21H,3-4,18H2,1-2H3/b17-12+,29-20-. The number of ether oxygens (including phenoxy) is 2. The molecule has 45 heavy (non-hydrogen) atoms. The molecule has 0 saturated carbocycles. The first kappa shape index (κ1) is 29.5. The molecular weight excluding hydrogens is 592 g/mol. The van der Waals surface area contributed by atoms with Crippen LogP contribution < -0.4 is 19.6 Å². The van der Waals surface area contributed by atoms with Gasteiger partial charge in [-0.2, -0.15) is 14.6 Å². The molecule has 0 saturated heterocycles. The van der Waals surface area contributed by atoms with Crippen LogP contribution in [0.2, 0.25) is 0 Å². The monoisotopic (exact) mass is 620 g/mol. The number of rotatable bonds is 11.